The Morgan fingerprint density at radius 3 is 2.21 bits per heavy atom. The molecule has 0 aromatic heterocycles. The molecule has 0 saturated heterocycles. The Bertz CT molecular complexity index is 1010. The van der Waals surface area contributed by atoms with Crippen molar-refractivity contribution in [1.29, 1.82) is 0 Å². The molecule has 5 rings (SSSR count). The summed E-state index contributed by atoms with van der Waals surface area (Å²) in [6.45, 7) is 0. The van der Waals surface area contributed by atoms with Crippen LogP contribution in [0.5, 0.6) is 0 Å². The lowest BCUT2D eigenvalue weighted by molar-refractivity contribution is 0.568. The van der Waals surface area contributed by atoms with Gasteiger partial charge in [0.1, 0.15) is 17.7 Å². The van der Waals surface area contributed by atoms with E-state index >= 15 is 4.39 Å². The fraction of sp³-hybridized carbons (Fsp3) is 0.240. The smallest absolute Gasteiger partial charge is 0.137 e. The molecule has 2 nitrogen and oxygen atoms in total. The van der Waals surface area contributed by atoms with Gasteiger partial charge in [-0.25, -0.2) is 4.39 Å². The summed E-state index contributed by atoms with van der Waals surface area (Å²) in [6, 6.07) is 24.5. The van der Waals surface area contributed by atoms with Crippen molar-refractivity contribution >= 4 is 5.84 Å². The molecule has 3 aromatic rings. The van der Waals surface area contributed by atoms with Gasteiger partial charge in [0.2, 0.25) is 0 Å². The van der Waals surface area contributed by atoms with Crippen molar-refractivity contribution < 1.29 is 4.39 Å². The molecule has 2 aliphatic rings. The third kappa shape index (κ3) is 3.01. The molecule has 28 heavy (non-hydrogen) atoms. The predicted molar refractivity (Wildman–Crippen MR) is 111 cm³/mol. The second-order valence-corrected chi connectivity index (χ2v) is 7.64. The standard InChI is InChI=1S/C25H23FN2/c26-22-20-14-8-7-9-17(20)15-16-21(22)25-27-23(18-10-3-1-4-11-18)24(28-25)19-12-5-2-6-13-19/h1-6,10-13,15-16,23-24H,7-9,14H2,(H,27,28)/t23-,24-/m0/s1. The minimum atomic E-state index is -0.0935. The highest BCUT2D eigenvalue weighted by Crippen LogP contribution is 2.38. The van der Waals surface area contributed by atoms with Gasteiger partial charge < -0.3 is 5.32 Å². The molecule has 3 aromatic carbocycles. The summed E-state index contributed by atoms with van der Waals surface area (Å²) in [5.74, 6) is 0.567. The zero-order valence-electron chi connectivity index (χ0n) is 15.7. The fourth-order valence-corrected chi connectivity index (χ4v) is 4.43. The molecule has 0 bridgehead atoms. The molecule has 1 N–H and O–H groups in total. The average molecular weight is 370 g/mol. The lowest BCUT2D eigenvalue weighted by Gasteiger charge is -2.20. The third-order valence-corrected chi connectivity index (χ3v) is 5.89. The maximum absolute atomic E-state index is 15.3. The Morgan fingerprint density at radius 1 is 0.786 bits per heavy atom. The van der Waals surface area contributed by atoms with E-state index in [0.717, 1.165) is 47.9 Å². The van der Waals surface area contributed by atoms with Crippen LogP contribution < -0.4 is 5.32 Å². The topological polar surface area (TPSA) is 24.4 Å². The average Bonchev–Trinajstić information content (AvgIpc) is 3.21. The summed E-state index contributed by atoms with van der Waals surface area (Å²) in [6.07, 6.45) is 4.02. The van der Waals surface area contributed by atoms with Gasteiger partial charge in [0.15, 0.2) is 0 Å². The van der Waals surface area contributed by atoms with Gasteiger partial charge in [-0.1, -0.05) is 66.7 Å². The minimum absolute atomic E-state index is 0.00553. The van der Waals surface area contributed by atoms with Crippen molar-refractivity contribution in [2.45, 2.75) is 37.8 Å². The fourth-order valence-electron chi connectivity index (χ4n) is 4.43. The summed E-state index contributed by atoms with van der Waals surface area (Å²) in [5, 5.41) is 3.53. The summed E-state index contributed by atoms with van der Waals surface area (Å²) in [7, 11) is 0. The number of amidine groups is 1. The van der Waals surface area contributed by atoms with E-state index in [2.05, 4.69) is 35.6 Å². The predicted octanol–water partition coefficient (Wildman–Crippen LogP) is 5.54. The molecule has 1 heterocycles. The largest absolute Gasteiger partial charge is 0.360 e. The molecular formula is C25H23FN2. The van der Waals surface area contributed by atoms with Gasteiger partial charge in [0, 0.05) is 0 Å². The molecule has 2 atom stereocenters. The normalized spacial score (nSPS) is 21.0. The number of nitrogens with one attached hydrogen (secondary N) is 1. The Labute approximate surface area is 165 Å². The van der Waals surface area contributed by atoms with Crippen molar-refractivity contribution in [2.75, 3.05) is 0 Å². The van der Waals surface area contributed by atoms with E-state index in [1.807, 2.05) is 42.5 Å². The molecule has 140 valence electrons. The molecule has 0 unspecified atom stereocenters. The zero-order chi connectivity index (χ0) is 18.9. The summed E-state index contributed by atoms with van der Waals surface area (Å²) in [4.78, 5) is 4.96. The van der Waals surface area contributed by atoms with E-state index in [1.54, 1.807) is 0 Å². The second kappa shape index (κ2) is 7.23. The van der Waals surface area contributed by atoms with Crippen molar-refractivity contribution in [2.24, 2.45) is 4.99 Å². The van der Waals surface area contributed by atoms with Crippen LogP contribution in [-0.2, 0) is 12.8 Å². The molecule has 0 fully saturated rings. The first-order valence-corrected chi connectivity index (χ1v) is 10.1. The van der Waals surface area contributed by atoms with Crippen LogP contribution in [0.25, 0.3) is 0 Å². The molecule has 1 aliphatic heterocycles. The number of nitrogens with zero attached hydrogens (tertiary/aromatic N) is 1. The second-order valence-electron chi connectivity index (χ2n) is 7.64. The Hall–Kier alpha value is -2.94. The number of aliphatic imine (C=N–C) groups is 1. The molecular weight excluding hydrogens is 347 g/mol. The van der Waals surface area contributed by atoms with Crippen LogP contribution in [-0.4, -0.2) is 5.84 Å². The van der Waals surface area contributed by atoms with Gasteiger partial charge >= 0.3 is 0 Å². The van der Waals surface area contributed by atoms with Crippen LogP contribution in [0.3, 0.4) is 0 Å². The van der Waals surface area contributed by atoms with Crippen LogP contribution in [0.4, 0.5) is 4.39 Å². The van der Waals surface area contributed by atoms with Gasteiger partial charge in [-0.15, -0.1) is 0 Å². The monoisotopic (exact) mass is 370 g/mol. The highest BCUT2D eigenvalue weighted by molar-refractivity contribution is 6.01. The highest BCUT2D eigenvalue weighted by atomic mass is 19.1. The Morgan fingerprint density at radius 2 is 1.46 bits per heavy atom. The van der Waals surface area contributed by atoms with Gasteiger partial charge in [-0.05, 0) is 54.0 Å². The van der Waals surface area contributed by atoms with E-state index < -0.39 is 0 Å². The number of hydrogen-bond donors (Lipinski definition) is 1. The first-order chi connectivity index (χ1) is 13.8. The van der Waals surface area contributed by atoms with Crippen LogP contribution in [0.2, 0.25) is 0 Å². The van der Waals surface area contributed by atoms with Crippen molar-refractivity contribution in [3.63, 3.8) is 0 Å². The number of benzene rings is 3. The quantitative estimate of drug-likeness (QED) is 0.643. The molecule has 0 saturated carbocycles. The van der Waals surface area contributed by atoms with Crippen molar-refractivity contribution in [3.05, 3.63) is 106 Å². The number of rotatable bonds is 3. The van der Waals surface area contributed by atoms with E-state index in [0.29, 0.717) is 11.4 Å². The molecule has 0 radical (unpaired) electrons. The number of halogens is 1. The number of hydrogen-bond acceptors (Lipinski definition) is 2. The van der Waals surface area contributed by atoms with Crippen molar-refractivity contribution in [3.8, 4) is 0 Å². The van der Waals surface area contributed by atoms with E-state index in [-0.39, 0.29) is 17.9 Å². The first-order valence-electron chi connectivity index (χ1n) is 10.1. The number of aryl methyl sites for hydroxylation is 1. The summed E-state index contributed by atoms with van der Waals surface area (Å²) >= 11 is 0. The van der Waals surface area contributed by atoms with Gasteiger partial charge in [-0.2, -0.15) is 0 Å². The summed E-state index contributed by atoms with van der Waals surface area (Å²) < 4.78 is 15.3. The molecule has 3 heteroatoms. The lowest BCUT2D eigenvalue weighted by atomic mass is 9.89. The number of fused-ring (bicyclic) bond motifs is 1. The van der Waals surface area contributed by atoms with Crippen LogP contribution in [0, 0.1) is 5.82 Å². The van der Waals surface area contributed by atoms with Gasteiger partial charge in [-0.3, -0.25) is 4.99 Å². The Kier molecular flexibility index (Phi) is 4.44. The minimum Gasteiger partial charge on any atom is -0.360 e. The molecule has 0 spiro atoms. The zero-order valence-corrected chi connectivity index (χ0v) is 15.7. The summed E-state index contributed by atoms with van der Waals surface area (Å²) in [5.41, 5.74) is 4.93. The lowest BCUT2D eigenvalue weighted by Crippen LogP contribution is -2.26. The van der Waals surface area contributed by atoms with Crippen LogP contribution in [0.15, 0.2) is 77.8 Å². The van der Waals surface area contributed by atoms with Gasteiger partial charge in [0.25, 0.3) is 0 Å². The van der Waals surface area contributed by atoms with E-state index in [4.69, 9.17) is 4.99 Å². The van der Waals surface area contributed by atoms with Crippen molar-refractivity contribution in [1.82, 2.24) is 5.32 Å². The first kappa shape index (κ1) is 17.2. The van der Waals surface area contributed by atoms with Crippen LogP contribution >= 0.6 is 0 Å². The molecule has 1 aliphatic carbocycles. The SMILES string of the molecule is Fc1c(C2=N[C@@H](c3ccccc3)[C@H](c3ccccc3)N2)ccc2c1CCCC2. The van der Waals surface area contributed by atoms with Crippen LogP contribution in [0.1, 0.15) is 52.7 Å². The van der Waals surface area contributed by atoms with E-state index in [1.165, 1.54) is 0 Å². The highest BCUT2D eigenvalue weighted by Gasteiger charge is 2.33. The van der Waals surface area contributed by atoms with E-state index in [9.17, 15) is 0 Å². The maximum Gasteiger partial charge on any atom is 0.137 e. The maximum atomic E-state index is 15.3. The molecule has 0 amide bonds. The Balaban J connectivity index is 1.57. The van der Waals surface area contributed by atoms with Gasteiger partial charge in [0.05, 0.1) is 11.6 Å². The third-order valence-electron chi connectivity index (χ3n) is 5.89.